The monoisotopic (exact) mass is 423 g/mol. The lowest BCUT2D eigenvalue weighted by atomic mass is 10.1. The Bertz CT molecular complexity index is 1180. The highest BCUT2D eigenvalue weighted by Crippen LogP contribution is 2.32. The van der Waals surface area contributed by atoms with Crippen molar-refractivity contribution in [1.29, 1.82) is 0 Å². The molecule has 0 bridgehead atoms. The predicted octanol–water partition coefficient (Wildman–Crippen LogP) is 5.82. The van der Waals surface area contributed by atoms with Crippen LogP contribution in [0.5, 0.6) is 5.75 Å². The van der Waals surface area contributed by atoms with Crippen molar-refractivity contribution in [2.24, 2.45) is 0 Å². The fourth-order valence-corrected chi connectivity index (χ4v) is 4.04. The van der Waals surface area contributed by atoms with E-state index in [-0.39, 0.29) is 11.3 Å². The lowest BCUT2D eigenvalue weighted by molar-refractivity contribution is 0.415. The molecule has 7 heteroatoms. The van der Waals surface area contributed by atoms with Crippen LogP contribution in [0.15, 0.2) is 71.9 Å². The van der Waals surface area contributed by atoms with Crippen LogP contribution in [0, 0.1) is 18.6 Å². The van der Waals surface area contributed by atoms with Gasteiger partial charge in [-0.3, -0.25) is 4.57 Å². The third kappa shape index (κ3) is 3.93. The number of aryl methyl sites for hydroxylation is 1. The largest absolute Gasteiger partial charge is 0.497 e. The second kappa shape index (κ2) is 8.67. The van der Waals surface area contributed by atoms with Gasteiger partial charge in [0.1, 0.15) is 5.75 Å². The molecule has 3 aromatic carbocycles. The fourth-order valence-electron chi connectivity index (χ4n) is 3.12. The first kappa shape index (κ1) is 20.1. The molecular weight excluding hydrogens is 404 g/mol. The van der Waals surface area contributed by atoms with Gasteiger partial charge in [0.2, 0.25) is 0 Å². The molecule has 4 nitrogen and oxygen atoms in total. The van der Waals surface area contributed by atoms with E-state index < -0.39 is 11.6 Å². The van der Waals surface area contributed by atoms with E-state index in [2.05, 4.69) is 10.2 Å². The molecule has 0 amide bonds. The van der Waals surface area contributed by atoms with Gasteiger partial charge in [0.25, 0.3) is 0 Å². The van der Waals surface area contributed by atoms with Crippen LogP contribution >= 0.6 is 11.8 Å². The Balaban J connectivity index is 1.76. The van der Waals surface area contributed by atoms with Crippen LogP contribution in [-0.4, -0.2) is 21.9 Å². The number of hydrogen-bond donors (Lipinski definition) is 0. The van der Waals surface area contributed by atoms with Gasteiger partial charge in [0.15, 0.2) is 22.6 Å². The summed E-state index contributed by atoms with van der Waals surface area (Å²) in [6, 6.07) is 19.6. The molecule has 4 rings (SSSR count). The molecule has 0 saturated carbocycles. The van der Waals surface area contributed by atoms with Gasteiger partial charge in [-0.15, -0.1) is 10.2 Å². The van der Waals surface area contributed by atoms with E-state index in [0.717, 1.165) is 28.6 Å². The lowest BCUT2D eigenvalue weighted by Gasteiger charge is -2.13. The van der Waals surface area contributed by atoms with Gasteiger partial charge in [0.05, 0.1) is 12.8 Å². The summed E-state index contributed by atoms with van der Waals surface area (Å²) in [7, 11) is 1.62. The molecule has 4 aromatic rings. The van der Waals surface area contributed by atoms with E-state index in [9.17, 15) is 8.78 Å². The maximum absolute atomic E-state index is 14.1. The molecule has 0 N–H and O–H groups in total. The second-order valence-corrected chi connectivity index (χ2v) is 7.60. The molecule has 0 aliphatic rings. The molecule has 1 aromatic heterocycles. The summed E-state index contributed by atoms with van der Waals surface area (Å²) >= 11 is 1.31. The summed E-state index contributed by atoms with van der Waals surface area (Å²) in [5.74, 6) is -0.0447. The van der Waals surface area contributed by atoms with Crippen LogP contribution in [0.3, 0.4) is 0 Å². The zero-order chi connectivity index (χ0) is 21.1. The van der Waals surface area contributed by atoms with Crippen molar-refractivity contribution in [3.63, 3.8) is 0 Å². The average Bonchev–Trinajstić information content (AvgIpc) is 3.19. The van der Waals surface area contributed by atoms with Crippen molar-refractivity contribution in [1.82, 2.24) is 14.8 Å². The lowest BCUT2D eigenvalue weighted by Crippen LogP contribution is -2.02. The third-order valence-electron chi connectivity index (χ3n) is 4.73. The topological polar surface area (TPSA) is 39.9 Å². The number of nitrogens with zero attached hydrogens (tertiary/aromatic N) is 3. The Morgan fingerprint density at radius 3 is 2.43 bits per heavy atom. The molecule has 0 saturated heterocycles. The molecule has 1 heterocycles. The number of aromatic nitrogens is 3. The van der Waals surface area contributed by atoms with Crippen LogP contribution in [-0.2, 0) is 5.75 Å². The van der Waals surface area contributed by atoms with Gasteiger partial charge >= 0.3 is 0 Å². The number of thioether (sulfide) groups is 1. The molecule has 0 atom stereocenters. The highest BCUT2D eigenvalue weighted by atomic mass is 32.2. The second-order valence-electron chi connectivity index (χ2n) is 6.66. The van der Waals surface area contributed by atoms with Gasteiger partial charge in [-0.1, -0.05) is 42.1 Å². The Morgan fingerprint density at radius 1 is 0.933 bits per heavy atom. The van der Waals surface area contributed by atoms with E-state index in [0.29, 0.717) is 11.0 Å². The van der Waals surface area contributed by atoms with Gasteiger partial charge < -0.3 is 4.74 Å². The zero-order valence-corrected chi connectivity index (χ0v) is 17.3. The number of benzene rings is 3. The summed E-state index contributed by atoms with van der Waals surface area (Å²) in [4.78, 5) is 0. The minimum atomic E-state index is -0.854. The van der Waals surface area contributed by atoms with Gasteiger partial charge in [-0.25, -0.2) is 8.78 Å². The van der Waals surface area contributed by atoms with Crippen LogP contribution < -0.4 is 4.74 Å². The van der Waals surface area contributed by atoms with Crippen LogP contribution in [0.4, 0.5) is 8.78 Å². The molecule has 0 radical (unpaired) electrons. The normalized spacial score (nSPS) is 10.9. The Hall–Kier alpha value is -3.19. The first-order chi connectivity index (χ1) is 14.6. The van der Waals surface area contributed by atoms with E-state index in [4.69, 9.17) is 4.74 Å². The van der Waals surface area contributed by atoms with Crippen molar-refractivity contribution in [3.8, 4) is 22.8 Å². The summed E-state index contributed by atoms with van der Waals surface area (Å²) < 4.78 is 34.8. The number of rotatable bonds is 6. The molecule has 0 aliphatic heterocycles. The quantitative estimate of drug-likeness (QED) is 0.366. The highest BCUT2D eigenvalue weighted by molar-refractivity contribution is 7.98. The molecule has 0 fully saturated rings. The summed E-state index contributed by atoms with van der Waals surface area (Å²) in [6.45, 7) is 2.01. The first-order valence-corrected chi connectivity index (χ1v) is 10.3. The van der Waals surface area contributed by atoms with Crippen molar-refractivity contribution >= 4 is 11.8 Å². The smallest absolute Gasteiger partial charge is 0.196 e. The van der Waals surface area contributed by atoms with Crippen molar-refractivity contribution in [3.05, 3.63) is 89.5 Å². The summed E-state index contributed by atoms with van der Waals surface area (Å²) in [6.07, 6.45) is 0. The van der Waals surface area contributed by atoms with Crippen LogP contribution in [0.25, 0.3) is 17.1 Å². The summed E-state index contributed by atoms with van der Waals surface area (Å²) in [5.41, 5.74) is 3.13. The van der Waals surface area contributed by atoms with Gasteiger partial charge in [-0.2, -0.15) is 0 Å². The molecular formula is C23H19F2N3OS. The number of methoxy groups -OCH3 is 1. The van der Waals surface area contributed by atoms with E-state index in [1.807, 2.05) is 60.0 Å². The Morgan fingerprint density at radius 2 is 1.70 bits per heavy atom. The maximum Gasteiger partial charge on any atom is 0.196 e. The molecule has 0 aliphatic carbocycles. The highest BCUT2D eigenvalue weighted by Gasteiger charge is 2.18. The molecule has 30 heavy (non-hydrogen) atoms. The number of para-hydroxylation sites is 1. The van der Waals surface area contributed by atoms with Crippen LogP contribution in [0.1, 0.15) is 11.1 Å². The standard InChI is InChI=1S/C23H19F2N3OS/c1-15-6-3-4-9-20(15)28-22(16-10-12-18(29-2)13-11-16)26-27-23(28)30-14-17-7-5-8-19(24)21(17)25/h3-13H,14H2,1-2H3. The average molecular weight is 423 g/mol. The SMILES string of the molecule is COc1ccc(-c2nnc(SCc3cccc(F)c3F)n2-c2ccccc2C)cc1. The minimum absolute atomic E-state index is 0.232. The van der Waals surface area contributed by atoms with Crippen molar-refractivity contribution < 1.29 is 13.5 Å². The molecule has 152 valence electrons. The molecule has 0 unspecified atom stereocenters. The van der Waals surface area contributed by atoms with Crippen molar-refractivity contribution in [2.45, 2.75) is 17.8 Å². The zero-order valence-electron chi connectivity index (χ0n) is 16.5. The minimum Gasteiger partial charge on any atom is -0.497 e. The van der Waals surface area contributed by atoms with Crippen molar-refractivity contribution in [2.75, 3.05) is 7.11 Å². The maximum atomic E-state index is 14.1. The van der Waals surface area contributed by atoms with E-state index in [1.165, 1.54) is 17.8 Å². The third-order valence-corrected chi connectivity index (χ3v) is 5.70. The van der Waals surface area contributed by atoms with E-state index >= 15 is 0 Å². The van der Waals surface area contributed by atoms with Crippen LogP contribution in [0.2, 0.25) is 0 Å². The summed E-state index contributed by atoms with van der Waals surface area (Å²) in [5, 5.41) is 9.34. The van der Waals surface area contributed by atoms with Gasteiger partial charge in [-0.05, 0) is 48.9 Å². The van der Waals surface area contributed by atoms with E-state index in [1.54, 1.807) is 13.2 Å². The number of hydrogen-bond acceptors (Lipinski definition) is 4. The fraction of sp³-hybridized carbons (Fsp3) is 0.130. The number of ether oxygens (including phenoxy) is 1. The molecule has 0 spiro atoms. The van der Waals surface area contributed by atoms with Gasteiger partial charge in [0, 0.05) is 16.9 Å². The Kier molecular flexibility index (Phi) is 5.81. The predicted molar refractivity (Wildman–Crippen MR) is 114 cm³/mol. The Labute approximate surface area is 177 Å². The number of halogens is 2. The first-order valence-electron chi connectivity index (χ1n) is 9.30.